The zero-order valence-corrected chi connectivity index (χ0v) is 11.6. The molecular formula is C18H15NO2. The second-order valence-electron chi connectivity index (χ2n) is 5.51. The van der Waals surface area contributed by atoms with E-state index in [0.29, 0.717) is 5.76 Å². The average molecular weight is 277 g/mol. The van der Waals surface area contributed by atoms with E-state index in [2.05, 4.69) is 11.1 Å². The summed E-state index contributed by atoms with van der Waals surface area (Å²) < 4.78 is 5.72. The molecule has 1 aromatic carbocycles. The number of nitrogens with zero attached hydrogens (tertiary/aromatic N) is 1. The van der Waals surface area contributed by atoms with Gasteiger partial charge in [-0.25, -0.2) is 0 Å². The number of ketones is 1. The molecule has 3 nitrogen and oxygen atoms in total. The van der Waals surface area contributed by atoms with Crippen LogP contribution in [0.25, 0.3) is 11.0 Å². The minimum absolute atomic E-state index is 0.0471. The van der Waals surface area contributed by atoms with Crippen molar-refractivity contribution in [2.24, 2.45) is 0 Å². The van der Waals surface area contributed by atoms with Crippen LogP contribution in [0.4, 0.5) is 0 Å². The summed E-state index contributed by atoms with van der Waals surface area (Å²) in [6, 6.07) is 13.6. The predicted octanol–water partition coefficient (Wildman–Crippen LogP) is 4.13. The molecule has 3 heteroatoms. The fourth-order valence-corrected chi connectivity index (χ4v) is 3.14. The standard InChI is InChI=1S/C18H15NO2/c20-18(16-11-13-5-1-2-9-15(13)21-16)14-8-3-6-12-7-4-10-19-17(12)14/h1-2,4-5,7,9-11,14H,3,6,8H2. The molecule has 0 N–H and O–H groups in total. The number of hydrogen-bond donors (Lipinski definition) is 0. The van der Waals surface area contributed by atoms with Crippen molar-refractivity contribution >= 4 is 16.8 Å². The Bertz CT molecular complexity index is 786. The first-order valence-electron chi connectivity index (χ1n) is 7.29. The third-order valence-corrected chi connectivity index (χ3v) is 4.18. The van der Waals surface area contributed by atoms with Gasteiger partial charge in [0.2, 0.25) is 5.78 Å². The number of carbonyl (C=O) groups excluding carboxylic acids is 1. The number of furan rings is 1. The Labute approximate surface area is 122 Å². The second-order valence-corrected chi connectivity index (χ2v) is 5.51. The third-order valence-electron chi connectivity index (χ3n) is 4.18. The molecule has 1 unspecified atom stereocenters. The van der Waals surface area contributed by atoms with Gasteiger partial charge in [-0.05, 0) is 43.0 Å². The van der Waals surface area contributed by atoms with Crippen LogP contribution in [0.15, 0.2) is 53.1 Å². The van der Waals surface area contributed by atoms with Crippen LogP contribution in [0.5, 0.6) is 0 Å². The number of pyridine rings is 1. The topological polar surface area (TPSA) is 43.1 Å². The molecule has 0 amide bonds. The molecule has 2 aromatic heterocycles. The van der Waals surface area contributed by atoms with E-state index in [4.69, 9.17) is 4.42 Å². The number of aromatic nitrogens is 1. The molecule has 3 aromatic rings. The van der Waals surface area contributed by atoms with Gasteiger partial charge in [0.15, 0.2) is 5.76 Å². The number of Topliss-reactive ketones (excluding diaryl/α,β-unsaturated/α-hetero) is 1. The lowest BCUT2D eigenvalue weighted by atomic mass is 9.83. The largest absolute Gasteiger partial charge is 0.453 e. The maximum Gasteiger partial charge on any atom is 0.207 e. The lowest BCUT2D eigenvalue weighted by Gasteiger charge is -2.22. The van der Waals surface area contributed by atoms with Crippen molar-refractivity contribution in [1.29, 1.82) is 0 Å². The third kappa shape index (κ3) is 2.05. The van der Waals surface area contributed by atoms with E-state index in [1.807, 2.05) is 36.4 Å². The molecule has 2 heterocycles. The van der Waals surface area contributed by atoms with Crippen LogP contribution < -0.4 is 0 Å². The fraction of sp³-hybridized carbons (Fsp3) is 0.222. The van der Waals surface area contributed by atoms with Crippen molar-refractivity contribution in [1.82, 2.24) is 4.98 Å². The highest BCUT2D eigenvalue weighted by Gasteiger charge is 2.30. The van der Waals surface area contributed by atoms with Crippen LogP contribution in [0, 0.1) is 0 Å². The van der Waals surface area contributed by atoms with E-state index in [0.717, 1.165) is 35.9 Å². The average Bonchev–Trinajstić information content (AvgIpc) is 2.97. The molecule has 1 atom stereocenters. The van der Waals surface area contributed by atoms with Gasteiger partial charge < -0.3 is 4.42 Å². The Morgan fingerprint density at radius 1 is 1.19 bits per heavy atom. The lowest BCUT2D eigenvalue weighted by Crippen LogP contribution is -2.19. The number of para-hydroxylation sites is 1. The van der Waals surface area contributed by atoms with E-state index < -0.39 is 0 Å². The van der Waals surface area contributed by atoms with Gasteiger partial charge in [0.25, 0.3) is 0 Å². The minimum atomic E-state index is -0.171. The Morgan fingerprint density at radius 2 is 2.10 bits per heavy atom. The number of rotatable bonds is 2. The van der Waals surface area contributed by atoms with Gasteiger partial charge >= 0.3 is 0 Å². The maximum absolute atomic E-state index is 12.8. The Hall–Kier alpha value is -2.42. The fourth-order valence-electron chi connectivity index (χ4n) is 3.14. The molecule has 0 radical (unpaired) electrons. The van der Waals surface area contributed by atoms with Gasteiger partial charge in [0.05, 0.1) is 11.6 Å². The summed E-state index contributed by atoms with van der Waals surface area (Å²) in [4.78, 5) is 17.2. The van der Waals surface area contributed by atoms with Crippen molar-refractivity contribution in [2.75, 3.05) is 0 Å². The molecule has 1 aliphatic rings. The summed E-state index contributed by atoms with van der Waals surface area (Å²) in [5, 5.41) is 0.970. The zero-order valence-electron chi connectivity index (χ0n) is 11.6. The van der Waals surface area contributed by atoms with E-state index in [9.17, 15) is 4.79 Å². The molecule has 0 spiro atoms. The second kappa shape index (κ2) is 4.85. The molecule has 104 valence electrons. The van der Waals surface area contributed by atoms with E-state index >= 15 is 0 Å². The highest BCUT2D eigenvalue weighted by molar-refractivity contribution is 6.01. The Balaban J connectivity index is 1.75. The molecule has 1 aliphatic carbocycles. The SMILES string of the molecule is O=C(c1cc2ccccc2o1)C1CCCc2cccnc21. The van der Waals surface area contributed by atoms with Gasteiger partial charge in [0.1, 0.15) is 5.58 Å². The van der Waals surface area contributed by atoms with E-state index in [-0.39, 0.29) is 11.7 Å². The highest BCUT2D eigenvalue weighted by atomic mass is 16.3. The van der Waals surface area contributed by atoms with Crippen LogP contribution >= 0.6 is 0 Å². The van der Waals surface area contributed by atoms with Crippen LogP contribution in [0.2, 0.25) is 0 Å². The van der Waals surface area contributed by atoms with Crippen molar-refractivity contribution in [3.05, 3.63) is 65.7 Å². The van der Waals surface area contributed by atoms with Crippen LogP contribution in [-0.4, -0.2) is 10.8 Å². The van der Waals surface area contributed by atoms with Crippen LogP contribution in [-0.2, 0) is 6.42 Å². The minimum Gasteiger partial charge on any atom is -0.453 e. The number of fused-ring (bicyclic) bond motifs is 2. The quantitative estimate of drug-likeness (QED) is 0.661. The van der Waals surface area contributed by atoms with E-state index in [1.54, 1.807) is 6.20 Å². The van der Waals surface area contributed by atoms with Crippen molar-refractivity contribution < 1.29 is 9.21 Å². The van der Waals surface area contributed by atoms with Gasteiger partial charge in [-0.3, -0.25) is 9.78 Å². The summed E-state index contributed by atoms with van der Waals surface area (Å²) in [5.74, 6) is 0.320. The molecule has 4 rings (SSSR count). The van der Waals surface area contributed by atoms with Gasteiger partial charge in [-0.1, -0.05) is 24.3 Å². The smallest absolute Gasteiger partial charge is 0.207 e. The monoisotopic (exact) mass is 277 g/mol. The molecule has 0 aliphatic heterocycles. The molecule has 0 saturated carbocycles. The Kier molecular flexibility index (Phi) is 2.85. The highest BCUT2D eigenvalue weighted by Crippen LogP contribution is 2.33. The number of benzene rings is 1. The van der Waals surface area contributed by atoms with Crippen molar-refractivity contribution in [3.63, 3.8) is 0 Å². The van der Waals surface area contributed by atoms with Gasteiger partial charge in [-0.15, -0.1) is 0 Å². The summed E-state index contributed by atoms with van der Waals surface area (Å²) >= 11 is 0. The first-order chi connectivity index (χ1) is 10.3. The van der Waals surface area contributed by atoms with Crippen molar-refractivity contribution in [2.45, 2.75) is 25.2 Å². The molecule has 0 bridgehead atoms. The summed E-state index contributed by atoms with van der Waals surface area (Å²) in [7, 11) is 0. The van der Waals surface area contributed by atoms with Gasteiger partial charge in [-0.2, -0.15) is 0 Å². The Morgan fingerprint density at radius 3 is 3.00 bits per heavy atom. The summed E-state index contributed by atoms with van der Waals surface area (Å²) in [6.07, 6.45) is 4.64. The molecular weight excluding hydrogens is 262 g/mol. The normalized spacial score (nSPS) is 17.6. The molecule has 0 saturated heterocycles. The van der Waals surface area contributed by atoms with Crippen LogP contribution in [0.3, 0.4) is 0 Å². The summed E-state index contributed by atoms with van der Waals surface area (Å²) in [6.45, 7) is 0. The predicted molar refractivity (Wildman–Crippen MR) is 80.5 cm³/mol. The zero-order chi connectivity index (χ0) is 14.2. The maximum atomic E-state index is 12.8. The number of carbonyl (C=O) groups is 1. The summed E-state index contributed by atoms with van der Waals surface area (Å²) in [5.41, 5.74) is 2.88. The first-order valence-corrected chi connectivity index (χ1v) is 7.29. The van der Waals surface area contributed by atoms with Crippen molar-refractivity contribution in [3.8, 4) is 0 Å². The molecule has 21 heavy (non-hydrogen) atoms. The van der Waals surface area contributed by atoms with Crippen LogP contribution in [0.1, 0.15) is 40.6 Å². The van der Waals surface area contributed by atoms with E-state index in [1.165, 1.54) is 5.56 Å². The number of hydrogen-bond acceptors (Lipinski definition) is 3. The van der Waals surface area contributed by atoms with Gasteiger partial charge in [0, 0.05) is 11.6 Å². The molecule has 0 fully saturated rings. The number of aryl methyl sites for hydroxylation is 1. The lowest BCUT2D eigenvalue weighted by molar-refractivity contribution is 0.0923. The first kappa shape index (κ1) is 12.3.